The average molecular weight is 356 g/mol. The van der Waals surface area contributed by atoms with Crippen LogP contribution >= 0.6 is 0 Å². The van der Waals surface area contributed by atoms with Crippen molar-refractivity contribution in [2.24, 2.45) is 0 Å². The molecule has 0 fully saturated rings. The van der Waals surface area contributed by atoms with Crippen molar-refractivity contribution in [1.82, 2.24) is 4.90 Å². The molecule has 0 bridgehead atoms. The van der Waals surface area contributed by atoms with E-state index in [0.717, 1.165) is 6.42 Å². The first-order valence-electron chi connectivity index (χ1n) is 8.79. The molecule has 0 aliphatic rings. The van der Waals surface area contributed by atoms with E-state index in [4.69, 9.17) is 9.47 Å². The number of aryl methyl sites for hydroxylation is 1. The number of benzene rings is 2. The zero-order chi connectivity index (χ0) is 19.1. The Bertz CT molecular complexity index is 729. The number of likely N-dealkylation sites (N-methyl/N-ethyl adjacent to an activating group) is 1. The van der Waals surface area contributed by atoms with Gasteiger partial charge >= 0.3 is 0 Å². The Morgan fingerprint density at radius 3 is 2.23 bits per heavy atom. The number of hydrogen-bond acceptors (Lipinski definition) is 4. The maximum Gasteiger partial charge on any atom is 0.241 e. The van der Waals surface area contributed by atoms with Gasteiger partial charge in [-0.25, -0.2) is 0 Å². The van der Waals surface area contributed by atoms with Crippen molar-refractivity contribution in [3.05, 3.63) is 53.6 Å². The highest BCUT2D eigenvalue weighted by Gasteiger charge is 2.19. The lowest BCUT2D eigenvalue weighted by Crippen LogP contribution is -2.39. The third-order valence-electron chi connectivity index (χ3n) is 4.55. The van der Waals surface area contributed by atoms with Crippen LogP contribution in [0.2, 0.25) is 0 Å². The molecule has 0 radical (unpaired) electrons. The summed E-state index contributed by atoms with van der Waals surface area (Å²) in [6.07, 6.45) is 1.03. The lowest BCUT2D eigenvalue weighted by atomic mass is 10.1. The molecule has 0 saturated carbocycles. The monoisotopic (exact) mass is 356 g/mol. The van der Waals surface area contributed by atoms with Gasteiger partial charge in [-0.15, -0.1) is 0 Å². The van der Waals surface area contributed by atoms with E-state index in [9.17, 15) is 4.79 Å². The second-order valence-electron chi connectivity index (χ2n) is 6.32. The Labute approximate surface area is 155 Å². The molecular weight excluding hydrogens is 328 g/mol. The zero-order valence-corrected chi connectivity index (χ0v) is 16.2. The van der Waals surface area contributed by atoms with E-state index >= 15 is 0 Å². The Morgan fingerprint density at radius 2 is 1.65 bits per heavy atom. The molecule has 2 rings (SSSR count). The van der Waals surface area contributed by atoms with Crippen LogP contribution < -0.4 is 14.8 Å². The first-order chi connectivity index (χ1) is 12.5. The predicted octanol–water partition coefficient (Wildman–Crippen LogP) is 3.73. The zero-order valence-electron chi connectivity index (χ0n) is 16.2. The van der Waals surface area contributed by atoms with E-state index in [1.165, 1.54) is 11.1 Å². The number of carbonyl (C=O) groups is 1. The second kappa shape index (κ2) is 9.25. The Morgan fingerprint density at radius 1 is 1.04 bits per heavy atom. The topological polar surface area (TPSA) is 50.8 Å². The largest absolute Gasteiger partial charge is 0.493 e. The third-order valence-corrected chi connectivity index (χ3v) is 4.55. The molecule has 5 nitrogen and oxygen atoms in total. The highest BCUT2D eigenvalue weighted by atomic mass is 16.5. The van der Waals surface area contributed by atoms with Crippen LogP contribution in [-0.4, -0.2) is 38.1 Å². The number of nitrogens with one attached hydrogen (secondary N) is 1. The van der Waals surface area contributed by atoms with Crippen LogP contribution in [0.4, 0.5) is 5.69 Å². The van der Waals surface area contributed by atoms with Gasteiger partial charge in [0, 0.05) is 18.3 Å². The van der Waals surface area contributed by atoms with Gasteiger partial charge < -0.3 is 14.8 Å². The number of nitrogens with zero attached hydrogens (tertiary/aromatic N) is 1. The Hall–Kier alpha value is -2.53. The highest BCUT2D eigenvalue weighted by Crippen LogP contribution is 2.29. The Kier molecular flexibility index (Phi) is 7.04. The fourth-order valence-corrected chi connectivity index (χ4v) is 2.67. The molecule has 140 valence electrons. The summed E-state index contributed by atoms with van der Waals surface area (Å²) in [4.78, 5) is 14.6. The van der Waals surface area contributed by atoms with Crippen LogP contribution in [0, 0.1) is 0 Å². The van der Waals surface area contributed by atoms with Crippen molar-refractivity contribution in [2.45, 2.75) is 32.9 Å². The van der Waals surface area contributed by atoms with Crippen molar-refractivity contribution in [3.63, 3.8) is 0 Å². The molecule has 26 heavy (non-hydrogen) atoms. The van der Waals surface area contributed by atoms with Gasteiger partial charge in [-0.05, 0) is 43.7 Å². The quantitative estimate of drug-likeness (QED) is 0.783. The fourth-order valence-electron chi connectivity index (χ4n) is 2.67. The lowest BCUT2D eigenvalue weighted by molar-refractivity contribution is -0.120. The molecule has 0 aliphatic heterocycles. The highest BCUT2D eigenvalue weighted by molar-refractivity contribution is 5.94. The number of methoxy groups -OCH3 is 2. The number of hydrogen-bond donors (Lipinski definition) is 1. The SMILES string of the molecule is CCc1ccc(CN(C)[C@H](C)C(=O)Nc2ccc(OC)c(OC)c2)cc1. The number of carbonyl (C=O) groups excluding carboxylic acids is 1. The molecule has 1 atom stereocenters. The second-order valence-corrected chi connectivity index (χ2v) is 6.32. The first-order valence-corrected chi connectivity index (χ1v) is 8.79. The first kappa shape index (κ1) is 19.8. The van der Waals surface area contributed by atoms with Crippen LogP contribution in [0.1, 0.15) is 25.0 Å². The van der Waals surface area contributed by atoms with Crippen molar-refractivity contribution in [3.8, 4) is 11.5 Å². The summed E-state index contributed by atoms with van der Waals surface area (Å²) in [6, 6.07) is 13.6. The minimum Gasteiger partial charge on any atom is -0.493 e. The minimum atomic E-state index is -0.269. The third kappa shape index (κ3) is 4.99. The number of amides is 1. The van der Waals surface area contributed by atoms with Crippen LogP contribution in [0.15, 0.2) is 42.5 Å². The lowest BCUT2D eigenvalue weighted by Gasteiger charge is -2.24. The van der Waals surface area contributed by atoms with Crippen molar-refractivity contribution < 1.29 is 14.3 Å². The van der Waals surface area contributed by atoms with Crippen LogP contribution in [0.25, 0.3) is 0 Å². The molecule has 1 amide bonds. The number of rotatable bonds is 8. The molecule has 1 N–H and O–H groups in total. The van der Waals surface area contributed by atoms with Gasteiger partial charge in [0.15, 0.2) is 11.5 Å². The average Bonchev–Trinajstić information content (AvgIpc) is 2.67. The van der Waals surface area contributed by atoms with E-state index in [-0.39, 0.29) is 11.9 Å². The van der Waals surface area contributed by atoms with Gasteiger partial charge in [0.1, 0.15) is 0 Å². The summed E-state index contributed by atoms with van der Waals surface area (Å²) in [5.74, 6) is 1.15. The van der Waals surface area contributed by atoms with E-state index in [1.807, 2.05) is 18.9 Å². The molecule has 2 aromatic rings. The minimum absolute atomic E-state index is 0.0649. The molecule has 0 aromatic heterocycles. The number of anilines is 1. The van der Waals surface area contributed by atoms with Crippen LogP contribution in [0.3, 0.4) is 0 Å². The Balaban J connectivity index is 1.99. The van der Waals surface area contributed by atoms with Crippen molar-refractivity contribution in [1.29, 1.82) is 0 Å². The molecular formula is C21H28N2O3. The molecule has 0 spiro atoms. The van der Waals surface area contributed by atoms with Crippen LogP contribution in [-0.2, 0) is 17.8 Å². The van der Waals surface area contributed by atoms with Gasteiger partial charge in [-0.2, -0.15) is 0 Å². The molecule has 2 aromatic carbocycles. The van der Waals surface area contributed by atoms with Gasteiger partial charge in [-0.3, -0.25) is 9.69 Å². The number of ether oxygens (including phenoxy) is 2. The van der Waals surface area contributed by atoms with Gasteiger partial charge in [-0.1, -0.05) is 31.2 Å². The summed E-state index contributed by atoms with van der Waals surface area (Å²) < 4.78 is 10.5. The van der Waals surface area contributed by atoms with Crippen molar-refractivity contribution >= 4 is 11.6 Å². The molecule has 0 saturated heterocycles. The summed E-state index contributed by atoms with van der Waals surface area (Å²) in [6.45, 7) is 4.75. The van der Waals surface area contributed by atoms with E-state index in [2.05, 4.69) is 36.5 Å². The van der Waals surface area contributed by atoms with Gasteiger partial charge in [0.25, 0.3) is 0 Å². The maximum absolute atomic E-state index is 12.6. The van der Waals surface area contributed by atoms with E-state index in [0.29, 0.717) is 23.7 Å². The molecule has 0 unspecified atom stereocenters. The molecule has 0 aliphatic carbocycles. The summed E-state index contributed by atoms with van der Waals surface area (Å²) in [5.41, 5.74) is 3.19. The summed E-state index contributed by atoms with van der Waals surface area (Å²) in [5, 5.41) is 2.94. The van der Waals surface area contributed by atoms with Gasteiger partial charge in [0.2, 0.25) is 5.91 Å². The van der Waals surface area contributed by atoms with Crippen molar-refractivity contribution in [2.75, 3.05) is 26.6 Å². The molecule has 5 heteroatoms. The predicted molar refractivity (Wildman–Crippen MR) is 105 cm³/mol. The standard InChI is InChI=1S/C21H28N2O3/c1-6-16-7-9-17(10-8-16)14-23(3)15(2)21(24)22-18-11-12-19(25-4)20(13-18)26-5/h7-13,15H,6,14H2,1-5H3,(H,22,24)/t15-/m1/s1. The summed E-state index contributed by atoms with van der Waals surface area (Å²) in [7, 11) is 5.11. The van der Waals surface area contributed by atoms with Crippen LogP contribution in [0.5, 0.6) is 11.5 Å². The van der Waals surface area contributed by atoms with E-state index in [1.54, 1.807) is 32.4 Å². The molecule has 0 heterocycles. The summed E-state index contributed by atoms with van der Waals surface area (Å²) >= 11 is 0. The fraction of sp³-hybridized carbons (Fsp3) is 0.381. The maximum atomic E-state index is 12.6. The van der Waals surface area contributed by atoms with E-state index < -0.39 is 0 Å². The van der Waals surface area contributed by atoms with Gasteiger partial charge in [0.05, 0.1) is 20.3 Å². The smallest absolute Gasteiger partial charge is 0.241 e. The normalized spacial score (nSPS) is 11.9.